The highest BCUT2D eigenvalue weighted by Gasteiger charge is 2.07. The Labute approximate surface area is 122 Å². The minimum Gasteiger partial charge on any atom is -0.303 e. The van der Waals surface area contributed by atoms with E-state index in [9.17, 15) is 0 Å². The fraction of sp³-hybridized carbons (Fsp3) is 0.389. The minimum absolute atomic E-state index is 1.06. The standard InChI is InChI=1S/C18H24N2/c1-6-14-8-9-15(7-2)18-12-16(10-11-17(14)18)13(3)19-20(4)5/h8-12H,6-7H2,1-5H3. The molecule has 0 aromatic heterocycles. The maximum Gasteiger partial charge on any atom is 0.0646 e. The fourth-order valence-corrected chi connectivity index (χ4v) is 2.67. The number of benzene rings is 2. The Hall–Kier alpha value is -1.83. The number of hydrogen-bond acceptors (Lipinski definition) is 2. The van der Waals surface area contributed by atoms with Crippen LogP contribution in [-0.4, -0.2) is 24.8 Å². The summed E-state index contributed by atoms with van der Waals surface area (Å²) in [7, 11) is 3.91. The van der Waals surface area contributed by atoms with E-state index in [4.69, 9.17) is 0 Å². The van der Waals surface area contributed by atoms with Crippen LogP contribution in [0.2, 0.25) is 0 Å². The SMILES string of the molecule is CCc1ccc(CC)c2cc(C(C)=NN(C)C)ccc12. The molecular formula is C18H24N2. The van der Waals surface area contributed by atoms with Gasteiger partial charge in [0.1, 0.15) is 0 Å². The van der Waals surface area contributed by atoms with Gasteiger partial charge in [-0.25, -0.2) is 0 Å². The minimum atomic E-state index is 1.06. The van der Waals surface area contributed by atoms with Crippen molar-refractivity contribution in [3.8, 4) is 0 Å². The van der Waals surface area contributed by atoms with Gasteiger partial charge in [0.05, 0.1) is 5.71 Å². The van der Waals surface area contributed by atoms with Crippen molar-refractivity contribution in [2.45, 2.75) is 33.6 Å². The summed E-state index contributed by atoms with van der Waals surface area (Å²) in [6, 6.07) is 11.3. The summed E-state index contributed by atoms with van der Waals surface area (Å²) >= 11 is 0. The van der Waals surface area contributed by atoms with Crippen molar-refractivity contribution in [2.24, 2.45) is 5.10 Å². The highest BCUT2D eigenvalue weighted by molar-refractivity contribution is 6.02. The Kier molecular flexibility index (Phi) is 4.43. The maximum atomic E-state index is 4.50. The van der Waals surface area contributed by atoms with Gasteiger partial charge in [-0.05, 0) is 53.3 Å². The fourth-order valence-electron chi connectivity index (χ4n) is 2.67. The van der Waals surface area contributed by atoms with E-state index >= 15 is 0 Å². The molecule has 2 rings (SSSR count). The Balaban J connectivity index is 2.63. The predicted molar refractivity (Wildman–Crippen MR) is 88.6 cm³/mol. The first kappa shape index (κ1) is 14.6. The van der Waals surface area contributed by atoms with Crippen LogP contribution >= 0.6 is 0 Å². The molecule has 0 saturated carbocycles. The number of nitrogens with zero attached hydrogens (tertiary/aromatic N) is 2. The van der Waals surface area contributed by atoms with E-state index in [0.717, 1.165) is 18.6 Å². The zero-order valence-corrected chi connectivity index (χ0v) is 13.2. The van der Waals surface area contributed by atoms with Gasteiger partial charge in [-0.1, -0.05) is 38.1 Å². The largest absolute Gasteiger partial charge is 0.303 e. The molecule has 106 valence electrons. The molecule has 0 bridgehead atoms. The Morgan fingerprint density at radius 3 is 2.10 bits per heavy atom. The van der Waals surface area contributed by atoms with Crippen LogP contribution in [0, 0.1) is 0 Å². The van der Waals surface area contributed by atoms with Crippen molar-refractivity contribution in [3.63, 3.8) is 0 Å². The van der Waals surface area contributed by atoms with E-state index in [1.54, 1.807) is 0 Å². The summed E-state index contributed by atoms with van der Waals surface area (Å²) in [5.41, 5.74) is 5.10. The molecule has 0 N–H and O–H groups in total. The molecule has 0 unspecified atom stereocenters. The van der Waals surface area contributed by atoms with Gasteiger partial charge in [-0.15, -0.1) is 0 Å². The molecule has 0 aliphatic carbocycles. The van der Waals surface area contributed by atoms with Gasteiger partial charge in [0.25, 0.3) is 0 Å². The normalized spacial score (nSPS) is 11.9. The van der Waals surface area contributed by atoms with Gasteiger partial charge < -0.3 is 5.01 Å². The topological polar surface area (TPSA) is 15.6 Å². The molecule has 0 spiro atoms. The van der Waals surface area contributed by atoms with Gasteiger partial charge in [0.15, 0.2) is 0 Å². The zero-order chi connectivity index (χ0) is 14.7. The molecule has 0 saturated heterocycles. The monoisotopic (exact) mass is 268 g/mol. The molecule has 0 atom stereocenters. The second kappa shape index (κ2) is 6.08. The Morgan fingerprint density at radius 1 is 0.950 bits per heavy atom. The van der Waals surface area contributed by atoms with Crippen molar-refractivity contribution in [2.75, 3.05) is 14.1 Å². The molecule has 2 heteroatoms. The van der Waals surface area contributed by atoms with Crippen LogP contribution in [0.4, 0.5) is 0 Å². The molecule has 2 aromatic rings. The third-order valence-electron chi connectivity index (χ3n) is 3.73. The van der Waals surface area contributed by atoms with Crippen LogP contribution in [0.5, 0.6) is 0 Å². The Bertz CT molecular complexity index is 639. The summed E-state index contributed by atoms with van der Waals surface area (Å²) < 4.78 is 0. The van der Waals surface area contributed by atoms with Crippen LogP contribution in [0.25, 0.3) is 10.8 Å². The predicted octanol–water partition coefficient (Wildman–Crippen LogP) is 4.25. The summed E-state index contributed by atoms with van der Waals surface area (Å²) in [6.45, 7) is 6.50. The van der Waals surface area contributed by atoms with E-state index in [1.807, 2.05) is 19.1 Å². The summed E-state index contributed by atoms with van der Waals surface area (Å²) in [5, 5.41) is 9.11. The number of rotatable bonds is 4. The van der Waals surface area contributed by atoms with Crippen molar-refractivity contribution in [1.82, 2.24) is 5.01 Å². The average Bonchev–Trinajstić information content (AvgIpc) is 2.44. The van der Waals surface area contributed by atoms with Crippen molar-refractivity contribution < 1.29 is 0 Å². The third kappa shape index (κ3) is 2.84. The van der Waals surface area contributed by atoms with E-state index in [0.29, 0.717) is 0 Å². The first-order chi connectivity index (χ1) is 9.56. The lowest BCUT2D eigenvalue weighted by Gasteiger charge is -2.12. The smallest absolute Gasteiger partial charge is 0.0646 e. The van der Waals surface area contributed by atoms with Crippen LogP contribution in [-0.2, 0) is 12.8 Å². The number of fused-ring (bicyclic) bond motifs is 1. The first-order valence-corrected chi connectivity index (χ1v) is 7.34. The number of aryl methyl sites for hydroxylation is 2. The zero-order valence-electron chi connectivity index (χ0n) is 13.2. The van der Waals surface area contributed by atoms with Crippen molar-refractivity contribution in [3.05, 3.63) is 47.0 Å². The molecule has 2 aromatic carbocycles. The van der Waals surface area contributed by atoms with E-state index in [-0.39, 0.29) is 0 Å². The number of hydrazone groups is 1. The molecule has 20 heavy (non-hydrogen) atoms. The lowest BCUT2D eigenvalue weighted by atomic mass is 9.94. The number of hydrogen-bond donors (Lipinski definition) is 0. The van der Waals surface area contributed by atoms with Crippen LogP contribution in [0.15, 0.2) is 35.4 Å². The lowest BCUT2D eigenvalue weighted by molar-refractivity contribution is 0.438. The molecule has 0 amide bonds. The molecule has 0 aliphatic heterocycles. The Morgan fingerprint density at radius 2 is 1.55 bits per heavy atom. The third-order valence-corrected chi connectivity index (χ3v) is 3.73. The maximum absolute atomic E-state index is 4.50. The van der Waals surface area contributed by atoms with Gasteiger partial charge in [0.2, 0.25) is 0 Å². The molecular weight excluding hydrogens is 244 g/mol. The second-order valence-corrected chi connectivity index (χ2v) is 5.38. The second-order valence-electron chi connectivity index (χ2n) is 5.38. The molecule has 0 heterocycles. The van der Waals surface area contributed by atoms with Gasteiger partial charge in [-0.3, -0.25) is 0 Å². The summed E-state index contributed by atoms with van der Waals surface area (Å²) in [4.78, 5) is 0. The molecule has 0 aliphatic rings. The van der Waals surface area contributed by atoms with Crippen molar-refractivity contribution >= 4 is 16.5 Å². The van der Waals surface area contributed by atoms with Gasteiger partial charge in [-0.2, -0.15) is 5.10 Å². The molecule has 0 fully saturated rings. The average molecular weight is 268 g/mol. The van der Waals surface area contributed by atoms with Crippen LogP contribution in [0.3, 0.4) is 0 Å². The highest BCUT2D eigenvalue weighted by Crippen LogP contribution is 2.25. The van der Waals surface area contributed by atoms with Gasteiger partial charge >= 0.3 is 0 Å². The summed E-state index contributed by atoms with van der Waals surface area (Å²) in [6.07, 6.45) is 2.14. The quantitative estimate of drug-likeness (QED) is 0.598. The lowest BCUT2D eigenvalue weighted by Crippen LogP contribution is -2.07. The summed E-state index contributed by atoms with van der Waals surface area (Å²) in [5.74, 6) is 0. The molecule has 0 radical (unpaired) electrons. The van der Waals surface area contributed by atoms with Crippen LogP contribution < -0.4 is 0 Å². The molecule has 2 nitrogen and oxygen atoms in total. The van der Waals surface area contributed by atoms with E-state index < -0.39 is 0 Å². The van der Waals surface area contributed by atoms with E-state index in [2.05, 4.69) is 56.2 Å². The van der Waals surface area contributed by atoms with E-state index in [1.165, 1.54) is 27.5 Å². The van der Waals surface area contributed by atoms with Crippen LogP contribution in [0.1, 0.15) is 37.5 Å². The van der Waals surface area contributed by atoms with Gasteiger partial charge in [0, 0.05) is 14.1 Å². The van der Waals surface area contributed by atoms with Crippen molar-refractivity contribution in [1.29, 1.82) is 0 Å². The highest BCUT2D eigenvalue weighted by atomic mass is 15.4. The first-order valence-electron chi connectivity index (χ1n) is 7.34.